The number of rotatable bonds is 2. The summed E-state index contributed by atoms with van der Waals surface area (Å²) in [6, 6.07) is 4.41. The Morgan fingerprint density at radius 3 is 2.71 bits per heavy atom. The lowest BCUT2D eigenvalue weighted by Gasteiger charge is -2.03. The maximum absolute atomic E-state index is 12.0. The van der Waals surface area contributed by atoms with Crippen molar-refractivity contribution in [2.75, 3.05) is 13.7 Å². The molecule has 0 fully saturated rings. The third-order valence-electron chi connectivity index (χ3n) is 2.59. The lowest BCUT2D eigenvalue weighted by molar-refractivity contribution is 0.0600. The normalized spacial score (nSPS) is 16.2. The highest BCUT2D eigenvalue weighted by Gasteiger charge is 2.29. The zero-order valence-corrected chi connectivity index (χ0v) is 9.95. The molecule has 1 aliphatic heterocycles. The zero-order chi connectivity index (χ0) is 12.6. The fourth-order valence-electron chi connectivity index (χ4n) is 1.69. The fraction of sp³-hybridized carbons (Fsp3) is 0.182. The maximum atomic E-state index is 12.0. The molecule has 90 valence electrons. The van der Waals surface area contributed by atoms with Crippen LogP contribution in [0.15, 0.2) is 28.0 Å². The number of sulfone groups is 1. The topological polar surface area (TPSA) is 86.5 Å². The summed E-state index contributed by atoms with van der Waals surface area (Å²) in [5.74, 6) is -0.566. The summed E-state index contributed by atoms with van der Waals surface area (Å²) in [6.07, 6.45) is 1.52. The van der Waals surface area contributed by atoms with E-state index in [-0.39, 0.29) is 21.9 Å². The summed E-state index contributed by atoms with van der Waals surface area (Å²) >= 11 is 0. The van der Waals surface area contributed by atoms with E-state index in [4.69, 9.17) is 5.73 Å². The molecule has 1 aliphatic rings. The van der Waals surface area contributed by atoms with E-state index in [1.54, 1.807) is 6.07 Å². The van der Waals surface area contributed by atoms with E-state index in [1.807, 2.05) is 0 Å². The molecule has 0 unspecified atom stereocenters. The van der Waals surface area contributed by atoms with Crippen LogP contribution in [0.2, 0.25) is 0 Å². The predicted octanol–water partition coefficient (Wildman–Crippen LogP) is 0.560. The molecule has 2 rings (SSSR count). The molecule has 1 aromatic carbocycles. The standard InChI is InChI=1S/C11H11NO4S/c1-16-11(13)8-3-2-7-4-9(6-12)17(14,15)10(7)5-8/h2-5H,6,12H2,1H3. The van der Waals surface area contributed by atoms with Crippen molar-refractivity contribution in [3.05, 3.63) is 34.2 Å². The van der Waals surface area contributed by atoms with Crippen LogP contribution in [0.25, 0.3) is 6.08 Å². The van der Waals surface area contributed by atoms with Gasteiger partial charge in [-0.15, -0.1) is 0 Å². The summed E-state index contributed by atoms with van der Waals surface area (Å²) in [5, 5.41) is 0. The van der Waals surface area contributed by atoms with Crippen molar-refractivity contribution in [3.8, 4) is 0 Å². The van der Waals surface area contributed by atoms with E-state index >= 15 is 0 Å². The molecule has 0 saturated heterocycles. The third-order valence-corrected chi connectivity index (χ3v) is 4.49. The molecule has 17 heavy (non-hydrogen) atoms. The van der Waals surface area contributed by atoms with Crippen molar-refractivity contribution in [2.45, 2.75) is 4.90 Å². The van der Waals surface area contributed by atoms with E-state index in [9.17, 15) is 13.2 Å². The Balaban J connectivity index is 2.58. The first-order chi connectivity index (χ1) is 8.00. The largest absolute Gasteiger partial charge is 0.465 e. The van der Waals surface area contributed by atoms with Crippen LogP contribution < -0.4 is 5.73 Å². The van der Waals surface area contributed by atoms with Gasteiger partial charge >= 0.3 is 5.97 Å². The average Bonchev–Trinajstić information content (AvgIpc) is 2.59. The van der Waals surface area contributed by atoms with Gasteiger partial charge in [0.15, 0.2) is 0 Å². The molecule has 1 heterocycles. The number of fused-ring (bicyclic) bond motifs is 1. The first-order valence-electron chi connectivity index (χ1n) is 4.89. The molecule has 0 aromatic heterocycles. The lowest BCUT2D eigenvalue weighted by Crippen LogP contribution is -2.11. The molecule has 0 spiro atoms. The van der Waals surface area contributed by atoms with Crippen molar-refractivity contribution in [1.82, 2.24) is 0 Å². The molecule has 5 nitrogen and oxygen atoms in total. The minimum atomic E-state index is -3.53. The van der Waals surface area contributed by atoms with Gasteiger partial charge in [-0.3, -0.25) is 0 Å². The zero-order valence-electron chi connectivity index (χ0n) is 9.14. The number of methoxy groups -OCH3 is 1. The van der Waals surface area contributed by atoms with Gasteiger partial charge in [0.05, 0.1) is 22.5 Å². The number of benzene rings is 1. The molecule has 0 saturated carbocycles. The maximum Gasteiger partial charge on any atom is 0.337 e. The van der Waals surface area contributed by atoms with Gasteiger partial charge in [-0.05, 0) is 23.8 Å². The van der Waals surface area contributed by atoms with Crippen LogP contribution in [0.4, 0.5) is 0 Å². The van der Waals surface area contributed by atoms with Crippen LogP contribution in [0.1, 0.15) is 15.9 Å². The van der Waals surface area contributed by atoms with E-state index < -0.39 is 15.8 Å². The number of nitrogens with two attached hydrogens (primary N) is 1. The van der Waals surface area contributed by atoms with Gasteiger partial charge < -0.3 is 10.5 Å². The molecular weight excluding hydrogens is 242 g/mol. The minimum Gasteiger partial charge on any atom is -0.465 e. The first-order valence-corrected chi connectivity index (χ1v) is 6.37. The van der Waals surface area contributed by atoms with E-state index in [1.165, 1.54) is 25.3 Å². The van der Waals surface area contributed by atoms with Crippen molar-refractivity contribution >= 4 is 21.9 Å². The first kappa shape index (κ1) is 11.8. The average molecular weight is 253 g/mol. The molecule has 0 amide bonds. The Morgan fingerprint density at radius 2 is 2.12 bits per heavy atom. The number of carbonyl (C=O) groups is 1. The Hall–Kier alpha value is -1.66. The highest BCUT2D eigenvalue weighted by atomic mass is 32.2. The second-order valence-corrected chi connectivity index (χ2v) is 5.53. The Labute approximate surface area is 98.8 Å². The van der Waals surface area contributed by atoms with Crippen molar-refractivity contribution < 1.29 is 17.9 Å². The van der Waals surface area contributed by atoms with Gasteiger partial charge in [0.25, 0.3) is 0 Å². The highest BCUT2D eigenvalue weighted by molar-refractivity contribution is 7.95. The Kier molecular flexibility index (Phi) is 2.76. The number of carbonyl (C=O) groups excluding carboxylic acids is 1. The predicted molar refractivity (Wildman–Crippen MR) is 62.0 cm³/mol. The summed E-state index contributed by atoms with van der Waals surface area (Å²) in [7, 11) is -2.29. The fourth-order valence-corrected chi connectivity index (χ4v) is 3.20. The van der Waals surface area contributed by atoms with Crippen molar-refractivity contribution in [3.63, 3.8) is 0 Å². The molecular formula is C11H11NO4S. The number of hydrogen-bond donors (Lipinski definition) is 1. The number of hydrogen-bond acceptors (Lipinski definition) is 5. The second kappa shape index (κ2) is 3.97. The Morgan fingerprint density at radius 1 is 1.41 bits per heavy atom. The molecule has 0 atom stereocenters. The van der Waals surface area contributed by atoms with Crippen LogP contribution in [-0.2, 0) is 14.6 Å². The minimum absolute atomic E-state index is 0.0510. The monoisotopic (exact) mass is 253 g/mol. The van der Waals surface area contributed by atoms with Crippen molar-refractivity contribution in [2.24, 2.45) is 5.73 Å². The number of ether oxygens (including phenoxy) is 1. The van der Waals surface area contributed by atoms with Gasteiger partial charge in [0, 0.05) is 6.54 Å². The molecule has 6 heteroatoms. The summed E-state index contributed by atoms with van der Waals surface area (Å²) < 4.78 is 28.5. The molecule has 1 aromatic rings. The summed E-state index contributed by atoms with van der Waals surface area (Å²) in [5.41, 5.74) is 6.14. The Bertz CT molecular complexity index is 616. The van der Waals surface area contributed by atoms with Gasteiger partial charge in [-0.1, -0.05) is 6.07 Å². The molecule has 0 aliphatic carbocycles. The van der Waals surface area contributed by atoms with Gasteiger partial charge in [-0.2, -0.15) is 0 Å². The number of esters is 1. The lowest BCUT2D eigenvalue weighted by atomic mass is 10.1. The van der Waals surface area contributed by atoms with Crippen LogP contribution in [0.3, 0.4) is 0 Å². The van der Waals surface area contributed by atoms with E-state index in [2.05, 4.69) is 4.74 Å². The SMILES string of the molecule is COC(=O)c1ccc2c(c1)S(=O)(=O)C(CN)=C2. The van der Waals surface area contributed by atoms with Gasteiger partial charge in [-0.25, -0.2) is 13.2 Å². The van der Waals surface area contributed by atoms with Gasteiger partial charge in [0.1, 0.15) is 0 Å². The van der Waals surface area contributed by atoms with Crippen LogP contribution in [0.5, 0.6) is 0 Å². The second-order valence-electron chi connectivity index (χ2n) is 3.56. The summed E-state index contributed by atoms with van der Waals surface area (Å²) in [6.45, 7) is -0.0510. The van der Waals surface area contributed by atoms with Crippen LogP contribution in [0, 0.1) is 0 Å². The van der Waals surface area contributed by atoms with Gasteiger partial charge in [0.2, 0.25) is 9.84 Å². The van der Waals surface area contributed by atoms with E-state index in [0.29, 0.717) is 5.56 Å². The quantitative estimate of drug-likeness (QED) is 0.778. The smallest absolute Gasteiger partial charge is 0.337 e. The highest BCUT2D eigenvalue weighted by Crippen LogP contribution is 2.32. The molecule has 0 bridgehead atoms. The van der Waals surface area contributed by atoms with E-state index in [0.717, 1.165) is 0 Å². The molecule has 2 N–H and O–H groups in total. The van der Waals surface area contributed by atoms with Crippen LogP contribution >= 0.6 is 0 Å². The van der Waals surface area contributed by atoms with Crippen LogP contribution in [-0.4, -0.2) is 28.0 Å². The summed E-state index contributed by atoms with van der Waals surface area (Å²) in [4.78, 5) is 11.6. The van der Waals surface area contributed by atoms with Crippen molar-refractivity contribution in [1.29, 1.82) is 0 Å². The third kappa shape index (κ3) is 1.75. The molecule has 0 radical (unpaired) electrons.